The Bertz CT molecular complexity index is 792. The minimum atomic E-state index is -0.640. The van der Waals surface area contributed by atoms with Crippen LogP contribution in [-0.2, 0) is 14.3 Å². The third-order valence-electron chi connectivity index (χ3n) is 3.37. The van der Waals surface area contributed by atoms with Gasteiger partial charge in [-0.05, 0) is 56.3 Å². The first-order valence-corrected chi connectivity index (χ1v) is 9.41. The first-order chi connectivity index (χ1) is 12.8. The highest BCUT2D eigenvalue weighted by Crippen LogP contribution is 2.38. The fourth-order valence-electron chi connectivity index (χ4n) is 2.32. The lowest BCUT2D eigenvalue weighted by atomic mass is 10.1. The molecule has 0 unspecified atom stereocenters. The van der Waals surface area contributed by atoms with E-state index in [1.165, 1.54) is 13.2 Å². The van der Waals surface area contributed by atoms with Crippen LogP contribution in [0.3, 0.4) is 0 Å². The molecule has 1 aromatic rings. The Labute approximate surface area is 166 Å². The van der Waals surface area contributed by atoms with Crippen molar-refractivity contribution < 1.29 is 28.6 Å². The van der Waals surface area contributed by atoms with Crippen LogP contribution in [-0.4, -0.2) is 48.4 Å². The van der Waals surface area contributed by atoms with Gasteiger partial charge >= 0.3 is 5.97 Å². The molecule has 0 spiro atoms. The minimum absolute atomic E-state index is 0.180. The van der Waals surface area contributed by atoms with E-state index < -0.39 is 23.7 Å². The summed E-state index contributed by atoms with van der Waals surface area (Å²) < 4.78 is 15.7. The van der Waals surface area contributed by atoms with Gasteiger partial charge in [0, 0.05) is 0 Å². The number of rotatable bonds is 7. The van der Waals surface area contributed by atoms with Crippen LogP contribution >= 0.6 is 23.4 Å². The highest BCUT2D eigenvalue weighted by molar-refractivity contribution is 8.18. The smallest absolute Gasteiger partial charge is 0.326 e. The van der Waals surface area contributed by atoms with Crippen molar-refractivity contribution in [3.05, 3.63) is 27.6 Å². The van der Waals surface area contributed by atoms with E-state index in [1.807, 2.05) is 6.92 Å². The second-order valence-corrected chi connectivity index (χ2v) is 7.17. The number of hydrogen-bond acceptors (Lipinski definition) is 7. The molecule has 2 amide bonds. The zero-order valence-electron chi connectivity index (χ0n) is 15.4. The SMILES string of the molecule is CCOc1c(Cl)cc(/C=C2/SC(=O)N(CC(=O)OC(C)C)C2=O)cc1OC. The topological polar surface area (TPSA) is 82.1 Å². The molecular weight excluding hydrogens is 394 g/mol. The second-order valence-electron chi connectivity index (χ2n) is 5.77. The molecule has 1 aliphatic rings. The van der Waals surface area contributed by atoms with Crippen molar-refractivity contribution in [2.24, 2.45) is 0 Å². The molecular formula is C18H20ClNO6S. The Kier molecular flexibility index (Phi) is 7.15. The molecule has 1 aromatic carbocycles. The molecule has 0 aliphatic carbocycles. The van der Waals surface area contributed by atoms with E-state index in [-0.39, 0.29) is 11.0 Å². The van der Waals surface area contributed by atoms with Crippen molar-refractivity contribution in [2.75, 3.05) is 20.3 Å². The molecule has 0 atom stereocenters. The molecule has 9 heteroatoms. The maximum Gasteiger partial charge on any atom is 0.326 e. The van der Waals surface area contributed by atoms with Gasteiger partial charge in [-0.3, -0.25) is 19.3 Å². The first-order valence-electron chi connectivity index (χ1n) is 8.22. The van der Waals surface area contributed by atoms with E-state index in [1.54, 1.807) is 26.0 Å². The quantitative estimate of drug-likeness (QED) is 0.497. The number of esters is 1. The summed E-state index contributed by atoms with van der Waals surface area (Å²) in [5, 5.41) is -0.210. The number of imide groups is 1. The molecule has 0 radical (unpaired) electrons. The largest absolute Gasteiger partial charge is 0.493 e. The van der Waals surface area contributed by atoms with E-state index in [9.17, 15) is 14.4 Å². The average Bonchev–Trinajstić information content (AvgIpc) is 2.83. The molecule has 0 aromatic heterocycles. The van der Waals surface area contributed by atoms with Gasteiger partial charge in [0.25, 0.3) is 11.1 Å². The van der Waals surface area contributed by atoms with Gasteiger partial charge in [0.2, 0.25) is 0 Å². The van der Waals surface area contributed by atoms with Crippen molar-refractivity contribution in [2.45, 2.75) is 26.9 Å². The molecule has 1 fully saturated rings. The van der Waals surface area contributed by atoms with Crippen molar-refractivity contribution in [1.82, 2.24) is 4.90 Å². The van der Waals surface area contributed by atoms with Gasteiger partial charge in [-0.1, -0.05) is 11.6 Å². The molecule has 146 valence electrons. The Morgan fingerprint density at radius 3 is 2.63 bits per heavy atom. The minimum Gasteiger partial charge on any atom is -0.493 e. The Hall–Kier alpha value is -2.19. The number of carbonyl (C=O) groups excluding carboxylic acids is 3. The van der Waals surface area contributed by atoms with Crippen LogP contribution in [0.15, 0.2) is 17.0 Å². The Balaban J connectivity index is 2.25. The maximum absolute atomic E-state index is 12.5. The lowest BCUT2D eigenvalue weighted by Crippen LogP contribution is -2.35. The van der Waals surface area contributed by atoms with Crippen LogP contribution in [0.4, 0.5) is 4.79 Å². The van der Waals surface area contributed by atoms with Gasteiger partial charge in [0.1, 0.15) is 6.54 Å². The fraction of sp³-hybridized carbons (Fsp3) is 0.389. The summed E-state index contributed by atoms with van der Waals surface area (Å²) in [4.78, 5) is 37.3. The number of carbonyl (C=O) groups is 3. The van der Waals surface area contributed by atoms with Gasteiger partial charge in [-0.15, -0.1) is 0 Å². The van der Waals surface area contributed by atoms with Crippen LogP contribution < -0.4 is 9.47 Å². The zero-order valence-corrected chi connectivity index (χ0v) is 17.0. The van der Waals surface area contributed by atoms with E-state index in [0.29, 0.717) is 28.7 Å². The maximum atomic E-state index is 12.5. The second kappa shape index (κ2) is 9.14. The number of thioether (sulfide) groups is 1. The van der Waals surface area contributed by atoms with Crippen LogP contribution in [0.5, 0.6) is 11.5 Å². The van der Waals surface area contributed by atoms with Gasteiger partial charge < -0.3 is 14.2 Å². The van der Waals surface area contributed by atoms with Crippen molar-refractivity contribution >= 4 is 46.6 Å². The van der Waals surface area contributed by atoms with Gasteiger partial charge in [-0.25, -0.2) is 0 Å². The third kappa shape index (κ3) is 5.17. The van der Waals surface area contributed by atoms with E-state index in [0.717, 1.165) is 16.7 Å². The summed E-state index contributed by atoms with van der Waals surface area (Å²) in [5.41, 5.74) is 0.565. The predicted molar refractivity (Wildman–Crippen MR) is 103 cm³/mol. The first kappa shape index (κ1) is 21.1. The van der Waals surface area contributed by atoms with Crippen LogP contribution in [0.2, 0.25) is 5.02 Å². The van der Waals surface area contributed by atoms with Crippen LogP contribution in [0.25, 0.3) is 6.08 Å². The lowest BCUT2D eigenvalue weighted by molar-refractivity contribution is -0.149. The molecule has 0 saturated carbocycles. The number of benzene rings is 1. The van der Waals surface area contributed by atoms with Crippen molar-refractivity contribution in [3.63, 3.8) is 0 Å². The summed E-state index contributed by atoms with van der Waals surface area (Å²) in [7, 11) is 1.48. The van der Waals surface area contributed by atoms with E-state index in [4.69, 9.17) is 25.8 Å². The molecule has 1 saturated heterocycles. The average molecular weight is 414 g/mol. The van der Waals surface area contributed by atoms with E-state index >= 15 is 0 Å². The monoisotopic (exact) mass is 413 g/mol. The molecule has 0 bridgehead atoms. The number of amides is 2. The Morgan fingerprint density at radius 1 is 1.33 bits per heavy atom. The zero-order chi connectivity index (χ0) is 20.1. The van der Waals surface area contributed by atoms with Gasteiger partial charge in [0.05, 0.1) is 29.7 Å². The number of methoxy groups -OCH3 is 1. The fourth-order valence-corrected chi connectivity index (χ4v) is 3.44. The molecule has 1 heterocycles. The summed E-state index contributed by atoms with van der Waals surface area (Å²) >= 11 is 6.97. The molecule has 27 heavy (non-hydrogen) atoms. The summed E-state index contributed by atoms with van der Waals surface area (Å²) in [6.45, 7) is 5.20. The van der Waals surface area contributed by atoms with Crippen molar-refractivity contribution in [3.8, 4) is 11.5 Å². The van der Waals surface area contributed by atoms with E-state index in [2.05, 4.69) is 0 Å². The summed E-state index contributed by atoms with van der Waals surface area (Å²) in [6.07, 6.45) is 1.19. The normalized spacial score (nSPS) is 15.6. The standard InChI is InChI=1S/C18H20ClNO6S/c1-5-25-16-12(19)6-11(7-13(16)24-4)8-14-17(22)20(18(23)27-14)9-15(21)26-10(2)3/h6-8,10H,5,9H2,1-4H3/b14-8+. The number of hydrogen-bond donors (Lipinski definition) is 0. The van der Waals surface area contributed by atoms with Gasteiger partial charge in [-0.2, -0.15) is 0 Å². The third-order valence-corrected chi connectivity index (χ3v) is 4.55. The van der Waals surface area contributed by atoms with Crippen molar-refractivity contribution in [1.29, 1.82) is 0 Å². The number of ether oxygens (including phenoxy) is 3. The summed E-state index contributed by atoms with van der Waals surface area (Å²) in [6, 6.07) is 3.26. The highest BCUT2D eigenvalue weighted by Gasteiger charge is 2.36. The Morgan fingerprint density at radius 2 is 2.04 bits per heavy atom. The highest BCUT2D eigenvalue weighted by atomic mass is 35.5. The molecule has 1 aliphatic heterocycles. The number of nitrogens with zero attached hydrogens (tertiary/aromatic N) is 1. The van der Waals surface area contributed by atoms with Crippen LogP contribution in [0.1, 0.15) is 26.3 Å². The van der Waals surface area contributed by atoms with Crippen LogP contribution in [0, 0.1) is 0 Å². The summed E-state index contributed by atoms with van der Waals surface area (Å²) in [5.74, 6) is -0.382. The predicted octanol–water partition coefficient (Wildman–Crippen LogP) is 3.74. The molecule has 0 N–H and O–H groups in total. The van der Waals surface area contributed by atoms with Gasteiger partial charge in [0.15, 0.2) is 11.5 Å². The number of halogens is 1. The molecule has 2 rings (SSSR count). The lowest BCUT2D eigenvalue weighted by Gasteiger charge is -2.13. The molecule has 7 nitrogen and oxygen atoms in total.